The van der Waals surface area contributed by atoms with E-state index in [1.807, 2.05) is 43.3 Å². The summed E-state index contributed by atoms with van der Waals surface area (Å²) in [5.74, 6) is 0.337. The van der Waals surface area contributed by atoms with Crippen molar-refractivity contribution in [1.29, 1.82) is 0 Å². The Labute approximate surface area is 123 Å². The SMILES string of the molecule is COC(=O)c1ccccc1C1=Cc2ccccc2C(C)O1. The summed E-state index contributed by atoms with van der Waals surface area (Å²) in [4.78, 5) is 11.9. The highest BCUT2D eigenvalue weighted by molar-refractivity contribution is 5.97. The molecule has 0 saturated carbocycles. The first-order valence-corrected chi connectivity index (χ1v) is 6.85. The number of rotatable bonds is 2. The van der Waals surface area contributed by atoms with Crippen LogP contribution in [0.25, 0.3) is 11.8 Å². The number of ether oxygens (including phenoxy) is 2. The van der Waals surface area contributed by atoms with Gasteiger partial charge in [0.25, 0.3) is 0 Å². The number of esters is 1. The number of methoxy groups -OCH3 is 1. The van der Waals surface area contributed by atoms with Gasteiger partial charge in [-0.1, -0.05) is 42.5 Å². The summed E-state index contributed by atoms with van der Waals surface area (Å²) in [6, 6.07) is 15.4. The molecule has 1 heterocycles. The van der Waals surface area contributed by atoms with Gasteiger partial charge in [-0.25, -0.2) is 4.79 Å². The predicted molar refractivity (Wildman–Crippen MR) is 81.6 cm³/mol. The molecule has 106 valence electrons. The van der Waals surface area contributed by atoms with E-state index >= 15 is 0 Å². The van der Waals surface area contributed by atoms with Gasteiger partial charge in [-0.2, -0.15) is 0 Å². The summed E-state index contributed by atoms with van der Waals surface area (Å²) >= 11 is 0. The minimum atomic E-state index is -0.360. The second-order valence-electron chi connectivity index (χ2n) is 4.93. The lowest BCUT2D eigenvalue weighted by Crippen LogP contribution is -2.11. The molecular weight excluding hydrogens is 264 g/mol. The van der Waals surface area contributed by atoms with Crippen LogP contribution in [0, 0.1) is 0 Å². The second kappa shape index (κ2) is 5.44. The van der Waals surface area contributed by atoms with Gasteiger partial charge < -0.3 is 9.47 Å². The summed E-state index contributed by atoms with van der Waals surface area (Å²) in [6.07, 6.45) is 1.92. The molecule has 0 aromatic heterocycles. The number of carbonyl (C=O) groups excluding carboxylic acids is 1. The van der Waals surface area contributed by atoms with Crippen LogP contribution < -0.4 is 0 Å². The molecule has 3 nitrogen and oxygen atoms in total. The minimum absolute atomic E-state index is 0.0492. The normalized spacial score (nSPS) is 16.5. The maximum absolute atomic E-state index is 11.9. The third-order valence-electron chi connectivity index (χ3n) is 3.62. The minimum Gasteiger partial charge on any atom is -0.485 e. The third kappa shape index (κ3) is 2.42. The number of hydrogen-bond acceptors (Lipinski definition) is 3. The van der Waals surface area contributed by atoms with Crippen LogP contribution in [0.3, 0.4) is 0 Å². The van der Waals surface area contributed by atoms with Crippen molar-refractivity contribution in [2.24, 2.45) is 0 Å². The molecule has 0 radical (unpaired) electrons. The van der Waals surface area contributed by atoms with E-state index in [4.69, 9.17) is 9.47 Å². The molecule has 1 aliphatic heterocycles. The van der Waals surface area contributed by atoms with Crippen LogP contribution in [-0.2, 0) is 9.47 Å². The molecule has 0 N–H and O–H groups in total. The highest BCUT2D eigenvalue weighted by atomic mass is 16.5. The van der Waals surface area contributed by atoms with Crippen LogP contribution in [-0.4, -0.2) is 13.1 Å². The molecule has 0 spiro atoms. The van der Waals surface area contributed by atoms with Gasteiger partial charge in [0.05, 0.1) is 12.7 Å². The van der Waals surface area contributed by atoms with Crippen LogP contribution in [0.4, 0.5) is 0 Å². The molecule has 0 aliphatic carbocycles. The smallest absolute Gasteiger partial charge is 0.338 e. The fourth-order valence-corrected chi connectivity index (χ4v) is 2.57. The Morgan fingerprint density at radius 1 is 1.10 bits per heavy atom. The molecule has 21 heavy (non-hydrogen) atoms. The second-order valence-corrected chi connectivity index (χ2v) is 4.93. The molecule has 0 amide bonds. The van der Waals surface area contributed by atoms with Crippen molar-refractivity contribution in [2.75, 3.05) is 7.11 Å². The number of benzene rings is 2. The molecule has 1 aliphatic rings. The number of hydrogen-bond donors (Lipinski definition) is 0. The van der Waals surface area contributed by atoms with Crippen LogP contribution in [0.15, 0.2) is 48.5 Å². The molecule has 0 fully saturated rings. The summed E-state index contributed by atoms with van der Waals surface area (Å²) in [5.41, 5.74) is 3.53. The summed E-state index contributed by atoms with van der Waals surface area (Å²) in [7, 11) is 1.38. The van der Waals surface area contributed by atoms with Crippen LogP contribution in [0.1, 0.15) is 40.1 Å². The fourth-order valence-electron chi connectivity index (χ4n) is 2.57. The van der Waals surface area contributed by atoms with Crippen molar-refractivity contribution in [2.45, 2.75) is 13.0 Å². The Kier molecular flexibility index (Phi) is 3.48. The first kappa shape index (κ1) is 13.4. The van der Waals surface area contributed by atoms with Gasteiger partial charge in [-0.15, -0.1) is 0 Å². The average Bonchev–Trinajstić information content (AvgIpc) is 2.54. The quantitative estimate of drug-likeness (QED) is 0.778. The van der Waals surface area contributed by atoms with Crippen LogP contribution in [0.2, 0.25) is 0 Å². The van der Waals surface area contributed by atoms with Crippen molar-refractivity contribution < 1.29 is 14.3 Å². The van der Waals surface area contributed by atoms with E-state index in [-0.39, 0.29) is 12.1 Å². The van der Waals surface area contributed by atoms with Crippen molar-refractivity contribution in [3.8, 4) is 0 Å². The maximum atomic E-state index is 11.9. The van der Waals surface area contributed by atoms with E-state index in [1.54, 1.807) is 6.07 Å². The zero-order valence-corrected chi connectivity index (χ0v) is 12.0. The van der Waals surface area contributed by atoms with Gasteiger partial charge in [-0.05, 0) is 30.2 Å². The van der Waals surface area contributed by atoms with Crippen molar-refractivity contribution in [3.63, 3.8) is 0 Å². The molecule has 0 saturated heterocycles. The Morgan fingerprint density at radius 2 is 1.81 bits per heavy atom. The van der Waals surface area contributed by atoms with Crippen LogP contribution >= 0.6 is 0 Å². The summed E-state index contributed by atoms with van der Waals surface area (Å²) in [6.45, 7) is 2.01. The van der Waals surface area contributed by atoms with Gasteiger partial charge in [0, 0.05) is 5.56 Å². The standard InChI is InChI=1S/C18H16O3/c1-12-14-8-4-3-7-13(14)11-17(21-12)15-9-5-6-10-16(15)18(19)20-2/h3-12H,1-2H3. The zero-order valence-electron chi connectivity index (χ0n) is 12.0. The molecule has 1 unspecified atom stereocenters. The average molecular weight is 280 g/mol. The van der Waals surface area contributed by atoms with E-state index in [0.717, 1.165) is 16.7 Å². The first-order valence-electron chi connectivity index (χ1n) is 6.85. The van der Waals surface area contributed by atoms with E-state index < -0.39 is 0 Å². The van der Waals surface area contributed by atoms with Gasteiger partial charge in [0.15, 0.2) is 0 Å². The van der Waals surface area contributed by atoms with E-state index in [0.29, 0.717) is 11.3 Å². The lowest BCUT2D eigenvalue weighted by atomic mass is 9.97. The van der Waals surface area contributed by atoms with E-state index in [9.17, 15) is 4.79 Å². The lowest BCUT2D eigenvalue weighted by Gasteiger charge is -2.25. The molecular formula is C18H16O3. The predicted octanol–water partition coefficient (Wildman–Crippen LogP) is 4.06. The Hall–Kier alpha value is -2.55. The Bertz CT molecular complexity index is 716. The summed E-state index contributed by atoms with van der Waals surface area (Å²) < 4.78 is 10.8. The molecule has 2 aromatic rings. The summed E-state index contributed by atoms with van der Waals surface area (Å²) in [5, 5.41) is 0. The Morgan fingerprint density at radius 3 is 2.62 bits per heavy atom. The molecule has 3 heteroatoms. The maximum Gasteiger partial charge on any atom is 0.338 e. The number of fused-ring (bicyclic) bond motifs is 1. The highest BCUT2D eigenvalue weighted by Crippen LogP contribution is 2.36. The fraction of sp³-hybridized carbons (Fsp3) is 0.167. The van der Waals surface area contributed by atoms with Crippen molar-refractivity contribution in [1.82, 2.24) is 0 Å². The molecule has 0 bridgehead atoms. The lowest BCUT2D eigenvalue weighted by molar-refractivity contribution is 0.0599. The Balaban J connectivity index is 2.11. The largest absolute Gasteiger partial charge is 0.485 e. The van der Waals surface area contributed by atoms with Gasteiger partial charge in [0.1, 0.15) is 11.9 Å². The third-order valence-corrected chi connectivity index (χ3v) is 3.62. The molecule has 1 atom stereocenters. The van der Waals surface area contributed by atoms with E-state index in [2.05, 4.69) is 12.1 Å². The van der Waals surface area contributed by atoms with E-state index in [1.165, 1.54) is 7.11 Å². The monoisotopic (exact) mass is 280 g/mol. The van der Waals surface area contributed by atoms with Gasteiger partial charge in [-0.3, -0.25) is 0 Å². The van der Waals surface area contributed by atoms with Gasteiger partial charge >= 0.3 is 5.97 Å². The molecule has 2 aromatic carbocycles. The topological polar surface area (TPSA) is 35.5 Å². The highest BCUT2D eigenvalue weighted by Gasteiger charge is 2.22. The van der Waals surface area contributed by atoms with Crippen LogP contribution in [0.5, 0.6) is 0 Å². The van der Waals surface area contributed by atoms with Crippen molar-refractivity contribution in [3.05, 3.63) is 70.8 Å². The first-order chi connectivity index (χ1) is 10.2. The van der Waals surface area contributed by atoms with Gasteiger partial charge in [0.2, 0.25) is 0 Å². The molecule has 3 rings (SSSR count). The number of carbonyl (C=O) groups is 1. The zero-order chi connectivity index (χ0) is 14.8. The van der Waals surface area contributed by atoms with Crippen molar-refractivity contribution >= 4 is 17.8 Å².